The van der Waals surface area contributed by atoms with Crippen LogP contribution in [0, 0.1) is 0 Å². The van der Waals surface area contributed by atoms with Gasteiger partial charge in [-0.2, -0.15) is 0 Å². The number of hydrogen-bond donors (Lipinski definition) is 1. The topological polar surface area (TPSA) is 89.3 Å². The van der Waals surface area contributed by atoms with Crippen LogP contribution < -0.4 is 10.9 Å². The molecule has 152 valence electrons. The Kier molecular flexibility index (Phi) is 3.20. The van der Waals surface area contributed by atoms with Crippen LogP contribution in [-0.4, -0.2) is 4.98 Å². The van der Waals surface area contributed by atoms with Crippen molar-refractivity contribution < 1.29 is 13.3 Å². The Labute approximate surface area is 177 Å². The highest BCUT2D eigenvalue weighted by atomic mass is 16.4. The molecule has 0 spiro atoms. The third-order valence-electron chi connectivity index (χ3n) is 5.87. The van der Waals surface area contributed by atoms with Gasteiger partial charge in [-0.1, -0.05) is 48.5 Å². The molecule has 0 atom stereocenters. The molecule has 7 rings (SSSR count). The monoisotopic (exact) mass is 419 g/mol. The first-order chi connectivity index (χ1) is 15.7. The third-order valence-corrected chi connectivity index (χ3v) is 5.87. The maximum Gasteiger partial charge on any atom is 0.215 e. The molecule has 6 heteroatoms. The van der Waals surface area contributed by atoms with Crippen LogP contribution in [0.25, 0.3) is 66.1 Å². The number of H-pyrrole nitrogens is 1. The number of rotatable bonds is 0. The van der Waals surface area contributed by atoms with Crippen LogP contribution in [-0.2, 0) is 0 Å². The van der Waals surface area contributed by atoms with Crippen LogP contribution in [0.4, 0.5) is 0 Å². The first-order valence-corrected chi connectivity index (χ1v) is 10.1. The quantitative estimate of drug-likeness (QED) is 0.241. The Morgan fingerprint density at radius 1 is 0.531 bits per heavy atom. The third kappa shape index (κ3) is 2.13. The average molecular weight is 419 g/mol. The summed E-state index contributed by atoms with van der Waals surface area (Å²) in [6.07, 6.45) is 0. The van der Waals surface area contributed by atoms with Gasteiger partial charge in [0.25, 0.3) is 0 Å². The van der Waals surface area contributed by atoms with Crippen molar-refractivity contribution >= 4 is 66.1 Å². The molecule has 0 unspecified atom stereocenters. The van der Waals surface area contributed by atoms with E-state index in [1.165, 1.54) is 0 Å². The van der Waals surface area contributed by atoms with E-state index in [-0.39, 0.29) is 32.8 Å². The standard InChI is InChI=1S/C26H13NO5/c28-22-13-7-1-2-8-14(13)23(29)20-19(22)21-25(30-16-10-4-3-9-15(16)27-21)26-24(20)31-17-11-5-6-12-18(17)32-26/h1-12,27H. The van der Waals surface area contributed by atoms with E-state index in [4.69, 9.17) is 13.3 Å². The molecule has 1 N–H and O–H groups in total. The molecule has 0 aliphatic carbocycles. The zero-order valence-electron chi connectivity index (χ0n) is 16.5. The van der Waals surface area contributed by atoms with Crippen molar-refractivity contribution in [1.82, 2.24) is 4.98 Å². The van der Waals surface area contributed by atoms with Gasteiger partial charge in [-0.25, -0.2) is 0 Å². The Morgan fingerprint density at radius 2 is 1.06 bits per heavy atom. The van der Waals surface area contributed by atoms with Crippen molar-refractivity contribution in [3.8, 4) is 0 Å². The maximum absolute atomic E-state index is 13.6. The molecule has 0 saturated carbocycles. The lowest BCUT2D eigenvalue weighted by molar-refractivity contribution is 0.574. The molecule has 7 aromatic rings. The van der Waals surface area contributed by atoms with Crippen molar-refractivity contribution in [3.05, 3.63) is 93.2 Å². The Balaban J connectivity index is 1.91. The first kappa shape index (κ1) is 17.1. The fourth-order valence-electron chi connectivity index (χ4n) is 4.42. The number of aromatic amines is 1. The van der Waals surface area contributed by atoms with Crippen molar-refractivity contribution in [2.45, 2.75) is 0 Å². The summed E-state index contributed by atoms with van der Waals surface area (Å²) < 4.78 is 18.5. The Hall–Kier alpha value is -4.58. The number of benzene rings is 5. The van der Waals surface area contributed by atoms with Crippen LogP contribution in [0.1, 0.15) is 0 Å². The van der Waals surface area contributed by atoms with Gasteiger partial charge in [-0.15, -0.1) is 0 Å². The summed E-state index contributed by atoms with van der Waals surface area (Å²) in [5, 5.41) is 1.09. The molecule has 0 fully saturated rings. The Morgan fingerprint density at radius 3 is 1.78 bits per heavy atom. The summed E-state index contributed by atoms with van der Waals surface area (Å²) in [7, 11) is 0. The number of para-hydroxylation sites is 4. The van der Waals surface area contributed by atoms with Gasteiger partial charge in [0.15, 0.2) is 38.8 Å². The van der Waals surface area contributed by atoms with E-state index in [0.717, 1.165) is 0 Å². The molecular formula is C26H13NO5. The van der Waals surface area contributed by atoms with Crippen LogP contribution in [0.2, 0.25) is 0 Å². The Bertz CT molecular complexity index is 1890. The second-order valence-corrected chi connectivity index (χ2v) is 7.69. The second-order valence-electron chi connectivity index (χ2n) is 7.69. The number of hydrogen-bond acceptors (Lipinski definition) is 5. The minimum atomic E-state index is -0.294. The van der Waals surface area contributed by atoms with Crippen LogP contribution in [0.5, 0.6) is 0 Å². The van der Waals surface area contributed by atoms with Crippen LogP contribution in [0.3, 0.4) is 0 Å². The fraction of sp³-hybridized carbons (Fsp3) is 0. The van der Waals surface area contributed by atoms with E-state index in [9.17, 15) is 9.59 Å². The molecule has 0 radical (unpaired) electrons. The molecule has 2 heterocycles. The molecule has 0 aliphatic rings. The summed E-state index contributed by atoms with van der Waals surface area (Å²) in [4.78, 5) is 30.5. The van der Waals surface area contributed by atoms with Crippen molar-refractivity contribution in [2.24, 2.45) is 0 Å². The SMILES string of the molecule is O=c1c2ccccc2c(=O)c2c3oc4ccccc4oc3c3oc4ccccc4[nH]c3c12. The minimum Gasteiger partial charge on any atom is -0.449 e. The zero-order valence-corrected chi connectivity index (χ0v) is 16.5. The van der Waals surface area contributed by atoms with Gasteiger partial charge in [0, 0.05) is 10.8 Å². The summed E-state index contributed by atoms with van der Waals surface area (Å²) in [5.41, 5.74) is 2.83. The van der Waals surface area contributed by atoms with E-state index in [1.54, 1.807) is 36.4 Å². The molecule has 6 nitrogen and oxygen atoms in total. The number of fused-ring (bicyclic) bond motifs is 9. The first-order valence-electron chi connectivity index (χ1n) is 10.1. The predicted molar refractivity (Wildman–Crippen MR) is 124 cm³/mol. The fourth-order valence-corrected chi connectivity index (χ4v) is 4.42. The van der Waals surface area contributed by atoms with Gasteiger partial charge in [-0.05, 0) is 24.3 Å². The van der Waals surface area contributed by atoms with Crippen molar-refractivity contribution in [1.29, 1.82) is 0 Å². The molecule has 5 aromatic carbocycles. The minimum absolute atomic E-state index is 0.174. The van der Waals surface area contributed by atoms with Gasteiger partial charge in [-0.3, -0.25) is 9.59 Å². The smallest absolute Gasteiger partial charge is 0.215 e. The van der Waals surface area contributed by atoms with Gasteiger partial charge >= 0.3 is 0 Å². The van der Waals surface area contributed by atoms with Gasteiger partial charge in [0.2, 0.25) is 5.58 Å². The number of nitrogens with one attached hydrogen (secondary N) is 1. The average Bonchev–Trinajstić information content (AvgIpc) is 2.84. The lowest BCUT2D eigenvalue weighted by atomic mass is 10.00. The molecule has 2 aromatic heterocycles. The molecule has 0 amide bonds. The van der Waals surface area contributed by atoms with E-state index >= 15 is 0 Å². The summed E-state index contributed by atoms with van der Waals surface area (Å²) in [6, 6.07) is 21.4. The lowest BCUT2D eigenvalue weighted by Gasteiger charge is -2.10. The van der Waals surface area contributed by atoms with Gasteiger partial charge in [0.05, 0.1) is 21.8 Å². The predicted octanol–water partition coefficient (Wildman–Crippen LogP) is 6.00. The normalized spacial score (nSPS) is 12.0. The van der Waals surface area contributed by atoms with E-state index < -0.39 is 0 Å². The molecular weight excluding hydrogens is 406 g/mol. The van der Waals surface area contributed by atoms with Crippen LogP contribution >= 0.6 is 0 Å². The van der Waals surface area contributed by atoms with Gasteiger partial charge < -0.3 is 18.2 Å². The largest absolute Gasteiger partial charge is 0.449 e. The lowest BCUT2D eigenvalue weighted by Crippen LogP contribution is -2.14. The van der Waals surface area contributed by atoms with E-state index in [2.05, 4.69) is 4.98 Å². The van der Waals surface area contributed by atoms with E-state index in [0.29, 0.717) is 44.1 Å². The zero-order chi connectivity index (χ0) is 21.4. The number of aromatic nitrogens is 1. The highest BCUT2D eigenvalue weighted by Crippen LogP contribution is 2.36. The van der Waals surface area contributed by atoms with Gasteiger partial charge in [0.1, 0.15) is 0 Å². The van der Waals surface area contributed by atoms with Crippen molar-refractivity contribution in [3.63, 3.8) is 0 Å². The van der Waals surface area contributed by atoms with E-state index in [1.807, 2.05) is 36.4 Å². The highest BCUT2D eigenvalue weighted by molar-refractivity contribution is 6.22. The van der Waals surface area contributed by atoms with Crippen molar-refractivity contribution in [2.75, 3.05) is 0 Å². The summed E-state index contributed by atoms with van der Waals surface area (Å²) >= 11 is 0. The molecule has 32 heavy (non-hydrogen) atoms. The summed E-state index contributed by atoms with van der Waals surface area (Å²) in [6.45, 7) is 0. The molecule has 0 saturated heterocycles. The van der Waals surface area contributed by atoms with Crippen LogP contribution in [0.15, 0.2) is 95.6 Å². The summed E-state index contributed by atoms with van der Waals surface area (Å²) in [5.74, 6) is 0. The molecule has 0 bridgehead atoms. The maximum atomic E-state index is 13.6. The highest BCUT2D eigenvalue weighted by Gasteiger charge is 2.23. The second kappa shape index (κ2) is 5.98. The molecule has 0 aliphatic heterocycles.